The Labute approximate surface area is 124 Å². The Hall–Kier alpha value is -1.85. The largest absolute Gasteiger partial charge is 0.481 e. The Kier molecular flexibility index (Phi) is 4.65. The molecule has 0 aromatic rings. The standard InChI is InChI=1S/C15H22N2O4/c1-3-17(4-2)11(18)8-16-14(19)12-9-5-6-10(7-9)13(12)15(20)21/h5-6,9-10,12-13H,3-4,7-8H2,1-2H3,(H,16,19)(H,20,21)/t9?,10?,12-,13+/m0/s1. The van der Waals surface area contributed by atoms with Gasteiger partial charge in [-0.3, -0.25) is 14.4 Å². The number of carbonyl (C=O) groups is 3. The molecular weight excluding hydrogens is 272 g/mol. The van der Waals surface area contributed by atoms with Crippen molar-refractivity contribution < 1.29 is 19.5 Å². The lowest BCUT2D eigenvalue weighted by molar-refractivity contribution is -0.148. The molecule has 0 saturated heterocycles. The summed E-state index contributed by atoms with van der Waals surface area (Å²) in [6.07, 6.45) is 4.55. The summed E-state index contributed by atoms with van der Waals surface area (Å²) in [4.78, 5) is 37.1. The molecule has 2 aliphatic rings. The molecule has 0 heterocycles. The van der Waals surface area contributed by atoms with Crippen LogP contribution in [-0.2, 0) is 14.4 Å². The van der Waals surface area contributed by atoms with Gasteiger partial charge in [0, 0.05) is 13.1 Å². The van der Waals surface area contributed by atoms with Gasteiger partial charge in [0.25, 0.3) is 0 Å². The van der Waals surface area contributed by atoms with Crippen molar-refractivity contribution in [3.05, 3.63) is 12.2 Å². The second-order valence-electron chi connectivity index (χ2n) is 5.62. The fraction of sp³-hybridized carbons (Fsp3) is 0.667. The van der Waals surface area contributed by atoms with E-state index in [0.717, 1.165) is 6.42 Å². The van der Waals surface area contributed by atoms with Crippen LogP contribution < -0.4 is 5.32 Å². The quantitative estimate of drug-likeness (QED) is 0.698. The predicted octanol–water partition coefficient (Wildman–Crippen LogP) is 0.494. The number of nitrogens with one attached hydrogen (secondary N) is 1. The van der Waals surface area contributed by atoms with E-state index in [1.54, 1.807) is 4.90 Å². The zero-order chi connectivity index (χ0) is 15.6. The molecule has 0 aromatic heterocycles. The first-order valence-electron chi connectivity index (χ1n) is 7.46. The van der Waals surface area contributed by atoms with Crippen molar-refractivity contribution in [2.24, 2.45) is 23.7 Å². The van der Waals surface area contributed by atoms with E-state index in [2.05, 4.69) is 5.32 Å². The third-order valence-electron chi connectivity index (χ3n) is 4.58. The minimum Gasteiger partial charge on any atom is -0.481 e. The molecule has 0 radical (unpaired) electrons. The lowest BCUT2D eigenvalue weighted by atomic mass is 9.82. The molecule has 21 heavy (non-hydrogen) atoms. The summed E-state index contributed by atoms with van der Waals surface area (Å²) in [6.45, 7) is 4.89. The zero-order valence-electron chi connectivity index (χ0n) is 12.4. The molecule has 2 aliphatic carbocycles. The number of aliphatic carboxylic acids is 1. The van der Waals surface area contributed by atoms with Crippen LogP contribution in [0.1, 0.15) is 20.3 Å². The smallest absolute Gasteiger partial charge is 0.307 e. The van der Waals surface area contributed by atoms with Gasteiger partial charge in [0.1, 0.15) is 0 Å². The molecule has 0 spiro atoms. The minimum absolute atomic E-state index is 0.0142. The van der Waals surface area contributed by atoms with Crippen molar-refractivity contribution in [1.82, 2.24) is 10.2 Å². The first-order chi connectivity index (χ1) is 9.99. The van der Waals surface area contributed by atoms with Crippen molar-refractivity contribution in [2.45, 2.75) is 20.3 Å². The van der Waals surface area contributed by atoms with Crippen LogP contribution in [0.3, 0.4) is 0 Å². The number of amides is 2. The van der Waals surface area contributed by atoms with Crippen LogP contribution in [-0.4, -0.2) is 47.4 Å². The van der Waals surface area contributed by atoms with Gasteiger partial charge in [-0.2, -0.15) is 0 Å². The zero-order valence-corrected chi connectivity index (χ0v) is 12.4. The van der Waals surface area contributed by atoms with Crippen LogP contribution in [0.2, 0.25) is 0 Å². The van der Waals surface area contributed by atoms with E-state index in [1.165, 1.54) is 0 Å². The molecule has 2 N–H and O–H groups in total. The third-order valence-corrected chi connectivity index (χ3v) is 4.58. The molecular formula is C15H22N2O4. The summed E-state index contributed by atoms with van der Waals surface area (Å²) in [5.41, 5.74) is 0. The lowest BCUT2D eigenvalue weighted by Crippen LogP contribution is -2.45. The number of carboxylic acid groups (broad SMARTS) is 1. The second kappa shape index (κ2) is 6.28. The highest BCUT2D eigenvalue weighted by Crippen LogP contribution is 2.48. The van der Waals surface area contributed by atoms with Crippen LogP contribution in [0.5, 0.6) is 0 Å². The van der Waals surface area contributed by atoms with E-state index in [4.69, 9.17) is 0 Å². The average molecular weight is 294 g/mol. The highest BCUT2D eigenvalue weighted by Gasteiger charge is 2.51. The number of likely N-dealkylation sites (N-methyl/N-ethyl adjacent to an activating group) is 1. The number of rotatable bonds is 6. The number of carbonyl (C=O) groups excluding carboxylic acids is 2. The maximum absolute atomic E-state index is 12.3. The van der Waals surface area contributed by atoms with Gasteiger partial charge < -0.3 is 15.3 Å². The molecule has 4 atom stereocenters. The molecule has 2 rings (SSSR count). The molecule has 1 fully saturated rings. The van der Waals surface area contributed by atoms with Gasteiger partial charge in [-0.25, -0.2) is 0 Å². The number of fused-ring (bicyclic) bond motifs is 2. The maximum atomic E-state index is 12.3. The van der Waals surface area contributed by atoms with Crippen molar-refractivity contribution in [2.75, 3.05) is 19.6 Å². The Morgan fingerprint density at radius 1 is 1.14 bits per heavy atom. The molecule has 1 saturated carbocycles. The molecule has 0 aliphatic heterocycles. The molecule has 6 nitrogen and oxygen atoms in total. The Morgan fingerprint density at radius 3 is 2.24 bits per heavy atom. The van der Waals surface area contributed by atoms with Gasteiger partial charge in [-0.15, -0.1) is 0 Å². The number of nitrogens with zero attached hydrogens (tertiary/aromatic N) is 1. The normalized spacial score (nSPS) is 29.4. The predicted molar refractivity (Wildman–Crippen MR) is 76.3 cm³/mol. The highest BCUT2D eigenvalue weighted by molar-refractivity contribution is 5.89. The van der Waals surface area contributed by atoms with Crippen LogP contribution in [0.15, 0.2) is 12.2 Å². The SMILES string of the molecule is CCN(CC)C(=O)CNC(=O)[C@H]1C2C=CC(C2)[C@H]1C(=O)O. The third kappa shape index (κ3) is 2.94. The molecule has 0 aromatic carbocycles. The summed E-state index contributed by atoms with van der Waals surface area (Å²) in [6, 6.07) is 0. The number of hydrogen-bond acceptors (Lipinski definition) is 3. The molecule has 116 valence electrons. The van der Waals surface area contributed by atoms with Crippen LogP contribution in [0.25, 0.3) is 0 Å². The topological polar surface area (TPSA) is 86.7 Å². The van der Waals surface area contributed by atoms with E-state index >= 15 is 0 Å². The van der Waals surface area contributed by atoms with Crippen molar-refractivity contribution in [1.29, 1.82) is 0 Å². The van der Waals surface area contributed by atoms with Crippen LogP contribution in [0.4, 0.5) is 0 Å². The van der Waals surface area contributed by atoms with E-state index in [9.17, 15) is 19.5 Å². The van der Waals surface area contributed by atoms with Gasteiger partial charge in [0.05, 0.1) is 18.4 Å². The number of carboxylic acids is 1. The number of hydrogen-bond donors (Lipinski definition) is 2. The Bertz CT molecular complexity index is 470. The van der Waals surface area contributed by atoms with Gasteiger partial charge in [0.2, 0.25) is 11.8 Å². The van der Waals surface area contributed by atoms with Crippen molar-refractivity contribution >= 4 is 17.8 Å². The van der Waals surface area contributed by atoms with Crippen molar-refractivity contribution in [3.8, 4) is 0 Å². The molecule has 2 amide bonds. The van der Waals surface area contributed by atoms with E-state index < -0.39 is 17.8 Å². The summed E-state index contributed by atoms with van der Waals surface area (Å²) in [5.74, 6) is -2.67. The van der Waals surface area contributed by atoms with E-state index in [0.29, 0.717) is 13.1 Å². The van der Waals surface area contributed by atoms with E-state index in [-0.39, 0.29) is 30.2 Å². The molecule has 2 bridgehead atoms. The van der Waals surface area contributed by atoms with Gasteiger partial charge >= 0.3 is 5.97 Å². The first-order valence-corrected chi connectivity index (χ1v) is 7.46. The first kappa shape index (κ1) is 15.5. The van der Waals surface area contributed by atoms with E-state index in [1.807, 2.05) is 26.0 Å². The summed E-state index contributed by atoms with van der Waals surface area (Å²) < 4.78 is 0. The highest BCUT2D eigenvalue weighted by atomic mass is 16.4. The minimum atomic E-state index is -0.929. The monoisotopic (exact) mass is 294 g/mol. The van der Waals surface area contributed by atoms with Gasteiger partial charge in [-0.1, -0.05) is 12.2 Å². The average Bonchev–Trinajstić information content (AvgIpc) is 3.06. The molecule has 6 heteroatoms. The Morgan fingerprint density at radius 2 is 1.71 bits per heavy atom. The summed E-state index contributed by atoms with van der Waals surface area (Å²) in [5, 5.41) is 11.9. The fourth-order valence-corrected chi connectivity index (χ4v) is 3.49. The Balaban J connectivity index is 1.96. The van der Waals surface area contributed by atoms with Crippen molar-refractivity contribution in [3.63, 3.8) is 0 Å². The number of allylic oxidation sites excluding steroid dienone is 2. The van der Waals surface area contributed by atoms with Gasteiger partial charge in [-0.05, 0) is 32.1 Å². The summed E-state index contributed by atoms with van der Waals surface area (Å²) in [7, 11) is 0. The fourth-order valence-electron chi connectivity index (χ4n) is 3.49. The van der Waals surface area contributed by atoms with Crippen LogP contribution >= 0.6 is 0 Å². The van der Waals surface area contributed by atoms with Crippen LogP contribution in [0, 0.1) is 23.7 Å². The summed E-state index contributed by atoms with van der Waals surface area (Å²) >= 11 is 0. The lowest BCUT2D eigenvalue weighted by Gasteiger charge is -2.24. The maximum Gasteiger partial charge on any atom is 0.307 e. The second-order valence-corrected chi connectivity index (χ2v) is 5.62. The van der Waals surface area contributed by atoms with Gasteiger partial charge in [0.15, 0.2) is 0 Å². The molecule has 2 unspecified atom stereocenters.